The number of hydrogen-bond donors (Lipinski definition) is 2. The van der Waals surface area contributed by atoms with Crippen LogP contribution in [0.5, 0.6) is 0 Å². The zero-order chi connectivity index (χ0) is 20.6. The van der Waals surface area contributed by atoms with Crippen molar-refractivity contribution in [1.29, 1.82) is 0 Å². The zero-order valence-electron chi connectivity index (χ0n) is 17.4. The molecule has 0 aromatic carbocycles. The molecular formula is C21H31FN6S. The lowest BCUT2D eigenvalue weighted by atomic mass is 10.1. The number of likely N-dealkylation sites (N-methyl/N-ethyl adjacent to an activating group) is 1. The Kier molecular flexibility index (Phi) is 7.83. The Bertz CT molecular complexity index is 777. The van der Waals surface area contributed by atoms with E-state index < -0.39 is 0 Å². The van der Waals surface area contributed by atoms with Gasteiger partial charge in [-0.2, -0.15) is 11.3 Å². The van der Waals surface area contributed by atoms with Gasteiger partial charge in [0.1, 0.15) is 0 Å². The van der Waals surface area contributed by atoms with E-state index in [4.69, 9.17) is 0 Å². The average Bonchev–Trinajstić information content (AvgIpc) is 3.43. The molecule has 3 heterocycles. The van der Waals surface area contributed by atoms with Gasteiger partial charge < -0.3 is 15.5 Å². The van der Waals surface area contributed by atoms with Gasteiger partial charge in [0.2, 0.25) is 0 Å². The Morgan fingerprint density at radius 1 is 1.41 bits per heavy atom. The van der Waals surface area contributed by atoms with Gasteiger partial charge in [-0.3, -0.25) is 9.89 Å². The van der Waals surface area contributed by atoms with E-state index in [-0.39, 0.29) is 11.9 Å². The van der Waals surface area contributed by atoms with E-state index in [0.29, 0.717) is 18.4 Å². The Morgan fingerprint density at radius 2 is 2.24 bits per heavy atom. The maximum Gasteiger partial charge on any atom is 0.191 e. The standard InChI is InChI=1S/C21H31FN6S/c1-4-27(5-2)19(16-9-12-29-15-16)13-25-21(23-3)26-17-8-11-28(14-17)20-18(22)7-6-10-24-20/h6-7,9-10,12,15,17,19H,4-5,8,11,13-14H2,1-3H3,(H2,23,25,26). The molecule has 1 saturated heterocycles. The van der Waals surface area contributed by atoms with Crippen LogP contribution in [-0.4, -0.2) is 61.7 Å². The number of hydrogen-bond acceptors (Lipinski definition) is 5. The van der Waals surface area contributed by atoms with Crippen LogP contribution in [0, 0.1) is 5.82 Å². The lowest BCUT2D eigenvalue weighted by molar-refractivity contribution is 0.219. The predicted molar refractivity (Wildman–Crippen MR) is 119 cm³/mol. The number of rotatable bonds is 8. The number of guanidine groups is 1. The van der Waals surface area contributed by atoms with E-state index in [2.05, 4.69) is 56.2 Å². The van der Waals surface area contributed by atoms with Crippen molar-refractivity contribution in [2.45, 2.75) is 32.4 Å². The summed E-state index contributed by atoms with van der Waals surface area (Å²) in [6.07, 6.45) is 2.55. The lowest BCUT2D eigenvalue weighted by Gasteiger charge is -2.30. The highest BCUT2D eigenvalue weighted by Crippen LogP contribution is 2.23. The van der Waals surface area contributed by atoms with Crippen molar-refractivity contribution < 1.29 is 4.39 Å². The van der Waals surface area contributed by atoms with E-state index in [1.165, 1.54) is 11.6 Å². The third-order valence-electron chi connectivity index (χ3n) is 5.44. The van der Waals surface area contributed by atoms with Crippen LogP contribution in [0.2, 0.25) is 0 Å². The molecule has 2 aromatic rings. The molecule has 0 spiro atoms. The minimum absolute atomic E-state index is 0.204. The first-order chi connectivity index (χ1) is 14.2. The normalized spacial score (nSPS) is 18.3. The number of anilines is 1. The molecule has 2 N–H and O–H groups in total. The highest BCUT2D eigenvalue weighted by Gasteiger charge is 2.26. The van der Waals surface area contributed by atoms with Crippen molar-refractivity contribution in [3.63, 3.8) is 0 Å². The van der Waals surface area contributed by atoms with Crippen molar-refractivity contribution in [2.75, 3.05) is 44.7 Å². The highest BCUT2D eigenvalue weighted by molar-refractivity contribution is 7.07. The zero-order valence-corrected chi connectivity index (χ0v) is 18.3. The molecule has 1 aliphatic rings. The molecule has 2 unspecified atom stereocenters. The summed E-state index contributed by atoms with van der Waals surface area (Å²) in [5.74, 6) is 0.943. The van der Waals surface area contributed by atoms with Crippen LogP contribution in [0.3, 0.4) is 0 Å². The summed E-state index contributed by atoms with van der Waals surface area (Å²) in [5, 5.41) is 11.3. The van der Waals surface area contributed by atoms with Crippen LogP contribution >= 0.6 is 11.3 Å². The van der Waals surface area contributed by atoms with E-state index >= 15 is 0 Å². The van der Waals surface area contributed by atoms with Gasteiger partial charge in [-0.15, -0.1) is 0 Å². The number of pyridine rings is 1. The molecule has 3 rings (SSSR count). The van der Waals surface area contributed by atoms with Crippen LogP contribution in [0.1, 0.15) is 31.9 Å². The van der Waals surface area contributed by atoms with Crippen molar-refractivity contribution in [1.82, 2.24) is 20.5 Å². The molecule has 0 saturated carbocycles. The van der Waals surface area contributed by atoms with Crippen LogP contribution < -0.4 is 15.5 Å². The topological polar surface area (TPSA) is 55.8 Å². The van der Waals surface area contributed by atoms with Crippen LogP contribution in [0.4, 0.5) is 10.2 Å². The Labute approximate surface area is 176 Å². The van der Waals surface area contributed by atoms with E-state index in [1.807, 2.05) is 4.90 Å². The van der Waals surface area contributed by atoms with E-state index in [9.17, 15) is 4.39 Å². The number of aliphatic imine (C=N–C) groups is 1. The fourth-order valence-corrected chi connectivity index (χ4v) is 4.56. The Hall–Kier alpha value is -2.19. The second-order valence-electron chi connectivity index (χ2n) is 7.13. The van der Waals surface area contributed by atoms with Gasteiger partial charge in [-0.25, -0.2) is 9.37 Å². The molecule has 0 aliphatic carbocycles. The molecular weight excluding hydrogens is 387 g/mol. The molecule has 2 aromatic heterocycles. The van der Waals surface area contributed by atoms with Gasteiger partial charge in [0, 0.05) is 38.9 Å². The third-order valence-corrected chi connectivity index (χ3v) is 6.14. The van der Waals surface area contributed by atoms with Gasteiger partial charge in [0.25, 0.3) is 0 Å². The average molecular weight is 419 g/mol. The van der Waals surface area contributed by atoms with Crippen molar-refractivity contribution in [2.24, 2.45) is 4.99 Å². The number of nitrogens with one attached hydrogen (secondary N) is 2. The summed E-state index contributed by atoms with van der Waals surface area (Å²) in [7, 11) is 1.79. The van der Waals surface area contributed by atoms with Gasteiger partial charge in [0.15, 0.2) is 17.6 Å². The monoisotopic (exact) mass is 418 g/mol. The number of halogens is 1. The van der Waals surface area contributed by atoms with Crippen LogP contribution in [0.25, 0.3) is 0 Å². The molecule has 0 bridgehead atoms. The first-order valence-corrected chi connectivity index (χ1v) is 11.2. The van der Waals surface area contributed by atoms with Crippen molar-refractivity contribution in [3.05, 3.63) is 46.5 Å². The fraction of sp³-hybridized carbons (Fsp3) is 0.524. The second-order valence-corrected chi connectivity index (χ2v) is 7.91. The SMILES string of the molecule is CCN(CC)C(CNC(=NC)NC1CCN(c2ncccc2F)C1)c1ccsc1. The van der Waals surface area contributed by atoms with Crippen molar-refractivity contribution >= 4 is 23.1 Å². The number of nitrogens with zero attached hydrogens (tertiary/aromatic N) is 4. The minimum atomic E-state index is -0.270. The second kappa shape index (κ2) is 10.5. The maximum atomic E-state index is 14.0. The summed E-state index contributed by atoms with van der Waals surface area (Å²) in [6, 6.07) is 5.78. The fourth-order valence-electron chi connectivity index (χ4n) is 3.85. The molecule has 6 nitrogen and oxygen atoms in total. The molecule has 0 radical (unpaired) electrons. The van der Waals surface area contributed by atoms with Gasteiger partial charge >= 0.3 is 0 Å². The summed E-state index contributed by atoms with van der Waals surface area (Å²) in [4.78, 5) is 13.0. The van der Waals surface area contributed by atoms with Gasteiger partial charge in [0.05, 0.1) is 6.04 Å². The van der Waals surface area contributed by atoms with Crippen molar-refractivity contribution in [3.8, 4) is 0 Å². The molecule has 158 valence electrons. The maximum absolute atomic E-state index is 14.0. The van der Waals surface area contributed by atoms with Gasteiger partial charge in [-0.1, -0.05) is 13.8 Å². The summed E-state index contributed by atoms with van der Waals surface area (Å²) >= 11 is 1.73. The van der Waals surface area contributed by atoms with E-state index in [0.717, 1.165) is 38.6 Å². The molecule has 29 heavy (non-hydrogen) atoms. The molecule has 1 fully saturated rings. The van der Waals surface area contributed by atoms with Crippen LogP contribution in [-0.2, 0) is 0 Å². The summed E-state index contributed by atoms with van der Waals surface area (Å²) in [6.45, 7) is 8.65. The predicted octanol–water partition coefficient (Wildman–Crippen LogP) is 3.11. The molecule has 2 atom stereocenters. The third kappa shape index (κ3) is 5.45. The molecule has 0 amide bonds. The van der Waals surface area contributed by atoms with E-state index in [1.54, 1.807) is 30.6 Å². The number of thiophene rings is 1. The largest absolute Gasteiger partial charge is 0.354 e. The lowest BCUT2D eigenvalue weighted by Crippen LogP contribution is -2.47. The molecule has 1 aliphatic heterocycles. The minimum Gasteiger partial charge on any atom is -0.354 e. The first-order valence-electron chi connectivity index (χ1n) is 10.2. The quantitative estimate of drug-likeness (QED) is 0.510. The first kappa shape index (κ1) is 21.5. The Balaban J connectivity index is 1.57. The Morgan fingerprint density at radius 3 is 2.90 bits per heavy atom. The van der Waals surface area contributed by atoms with Gasteiger partial charge in [-0.05, 0) is 54.0 Å². The number of aromatic nitrogens is 1. The summed E-state index contributed by atoms with van der Waals surface area (Å²) < 4.78 is 14.0. The molecule has 8 heteroatoms. The summed E-state index contributed by atoms with van der Waals surface area (Å²) in [5.41, 5.74) is 1.33. The highest BCUT2D eigenvalue weighted by atomic mass is 32.1. The van der Waals surface area contributed by atoms with Crippen LogP contribution in [0.15, 0.2) is 40.1 Å². The smallest absolute Gasteiger partial charge is 0.191 e.